The first-order valence-corrected chi connectivity index (χ1v) is 4.30. The molecule has 0 amide bonds. The van der Waals surface area contributed by atoms with E-state index in [2.05, 4.69) is 4.90 Å². The monoisotopic (exact) mass is 173 g/mol. The van der Waals surface area contributed by atoms with Crippen molar-refractivity contribution in [1.82, 2.24) is 4.90 Å². The first-order chi connectivity index (χ1) is 5.74. The maximum Gasteiger partial charge on any atom is 0.309 e. The molecule has 1 heterocycles. The molecule has 4 heteroatoms. The summed E-state index contributed by atoms with van der Waals surface area (Å²) in [4.78, 5) is 12.5. The number of carbonyl (C=O) groups is 1. The van der Waals surface area contributed by atoms with Crippen LogP contribution in [0.25, 0.3) is 0 Å². The lowest BCUT2D eigenvalue weighted by Crippen LogP contribution is -2.50. The molecule has 1 aliphatic rings. The molecule has 1 saturated heterocycles. The molecular weight excluding hydrogens is 158 g/mol. The molecule has 0 radical (unpaired) electrons. The standard InChI is InChI=1S/C8H15NO3/c10-4-2-1-3-9-5-7(6-9)8(11)12/h7,10H,1-6H2,(H,11,12). The predicted octanol–water partition coefficient (Wildman–Crippen LogP) is -0.225. The highest BCUT2D eigenvalue weighted by atomic mass is 16.4. The van der Waals surface area contributed by atoms with Crippen molar-refractivity contribution in [3.05, 3.63) is 0 Å². The maximum absolute atomic E-state index is 10.4. The highest BCUT2D eigenvalue weighted by Gasteiger charge is 2.31. The predicted molar refractivity (Wildman–Crippen MR) is 43.9 cm³/mol. The molecule has 0 aromatic heterocycles. The molecule has 1 rings (SSSR count). The molecule has 0 spiro atoms. The van der Waals surface area contributed by atoms with E-state index in [4.69, 9.17) is 10.2 Å². The van der Waals surface area contributed by atoms with Gasteiger partial charge in [-0.05, 0) is 19.4 Å². The number of hydrogen-bond acceptors (Lipinski definition) is 3. The third kappa shape index (κ3) is 2.46. The second kappa shape index (κ2) is 4.42. The summed E-state index contributed by atoms with van der Waals surface area (Å²) in [6.45, 7) is 2.52. The van der Waals surface area contributed by atoms with Crippen molar-refractivity contribution < 1.29 is 15.0 Å². The van der Waals surface area contributed by atoms with E-state index in [1.54, 1.807) is 0 Å². The van der Waals surface area contributed by atoms with Crippen molar-refractivity contribution >= 4 is 5.97 Å². The number of aliphatic hydroxyl groups is 1. The smallest absolute Gasteiger partial charge is 0.309 e. The number of aliphatic carboxylic acids is 1. The largest absolute Gasteiger partial charge is 0.481 e. The van der Waals surface area contributed by atoms with E-state index < -0.39 is 5.97 Å². The van der Waals surface area contributed by atoms with Crippen molar-refractivity contribution in [2.45, 2.75) is 12.8 Å². The number of hydrogen-bond donors (Lipinski definition) is 2. The number of nitrogens with zero attached hydrogens (tertiary/aromatic N) is 1. The Morgan fingerprint density at radius 1 is 1.42 bits per heavy atom. The summed E-state index contributed by atoms with van der Waals surface area (Å²) in [5.74, 6) is -0.840. The summed E-state index contributed by atoms with van der Waals surface area (Å²) in [7, 11) is 0. The first kappa shape index (κ1) is 9.48. The van der Waals surface area contributed by atoms with Crippen molar-refractivity contribution in [2.24, 2.45) is 5.92 Å². The van der Waals surface area contributed by atoms with Crippen molar-refractivity contribution in [3.63, 3.8) is 0 Å². The van der Waals surface area contributed by atoms with Crippen LogP contribution in [0.15, 0.2) is 0 Å². The van der Waals surface area contributed by atoms with E-state index >= 15 is 0 Å². The molecule has 0 unspecified atom stereocenters. The van der Waals surface area contributed by atoms with Gasteiger partial charge in [-0.25, -0.2) is 0 Å². The molecule has 0 aliphatic carbocycles. The first-order valence-electron chi connectivity index (χ1n) is 4.30. The Labute approximate surface area is 71.8 Å². The van der Waals surface area contributed by atoms with Gasteiger partial charge in [0.1, 0.15) is 0 Å². The molecule has 1 aliphatic heterocycles. The van der Waals surface area contributed by atoms with E-state index in [0.29, 0.717) is 13.1 Å². The van der Waals surface area contributed by atoms with Crippen LogP contribution in [-0.2, 0) is 4.79 Å². The minimum Gasteiger partial charge on any atom is -0.481 e. The van der Waals surface area contributed by atoms with Crippen LogP contribution in [0.1, 0.15) is 12.8 Å². The fraction of sp³-hybridized carbons (Fsp3) is 0.875. The summed E-state index contributed by atoms with van der Waals surface area (Å²) >= 11 is 0. The van der Waals surface area contributed by atoms with Crippen LogP contribution in [0.2, 0.25) is 0 Å². The fourth-order valence-electron chi connectivity index (χ4n) is 1.36. The third-order valence-corrected chi connectivity index (χ3v) is 2.19. The number of likely N-dealkylation sites (tertiary alicyclic amines) is 1. The van der Waals surface area contributed by atoms with Gasteiger partial charge < -0.3 is 15.1 Å². The summed E-state index contributed by atoms with van der Waals surface area (Å²) in [5.41, 5.74) is 0. The van der Waals surface area contributed by atoms with Crippen LogP contribution in [0.3, 0.4) is 0 Å². The quantitative estimate of drug-likeness (QED) is 0.564. The lowest BCUT2D eigenvalue weighted by atomic mass is 10.0. The zero-order valence-corrected chi connectivity index (χ0v) is 7.07. The van der Waals surface area contributed by atoms with Crippen molar-refractivity contribution in [3.8, 4) is 0 Å². The normalized spacial score (nSPS) is 19.1. The second-order valence-electron chi connectivity index (χ2n) is 3.23. The van der Waals surface area contributed by atoms with E-state index in [9.17, 15) is 4.79 Å². The minimum absolute atomic E-state index is 0.154. The number of carboxylic acid groups (broad SMARTS) is 1. The molecule has 0 aromatic rings. The number of carboxylic acids is 1. The molecule has 1 fully saturated rings. The Morgan fingerprint density at radius 3 is 2.58 bits per heavy atom. The van der Waals surface area contributed by atoms with Crippen LogP contribution in [0.5, 0.6) is 0 Å². The van der Waals surface area contributed by atoms with Gasteiger partial charge in [-0.15, -0.1) is 0 Å². The molecule has 4 nitrogen and oxygen atoms in total. The molecule has 0 saturated carbocycles. The third-order valence-electron chi connectivity index (χ3n) is 2.19. The average molecular weight is 173 g/mol. The maximum atomic E-state index is 10.4. The summed E-state index contributed by atoms with van der Waals surface area (Å²) < 4.78 is 0. The zero-order valence-electron chi connectivity index (χ0n) is 7.07. The highest BCUT2D eigenvalue weighted by Crippen LogP contribution is 2.15. The van der Waals surface area contributed by atoms with Gasteiger partial charge in [0.25, 0.3) is 0 Å². The van der Waals surface area contributed by atoms with Crippen LogP contribution < -0.4 is 0 Å². The SMILES string of the molecule is O=C(O)C1CN(CCCCO)C1. The Hall–Kier alpha value is -0.610. The van der Waals surface area contributed by atoms with Crippen molar-refractivity contribution in [1.29, 1.82) is 0 Å². The van der Waals surface area contributed by atoms with Gasteiger partial charge in [0.2, 0.25) is 0 Å². The molecule has 2 N–H and O–H groups in total. The fourth-order valence-corrected chi connectivity index (χ4v) is 1.36. The topological polar surface area (TPSA) is 60.8 Å². The van der Waals surface area contributed by atoms with Gasteiger partial charge in [-0.1, -0.05) is 0 Å². The lowest BCUT2D eigenvalue weighted by molar-refractivity contribution is -0.147. The number of unbranched alkanes of at least 4 members (excludes halogenated alkanes) is 1. The number of rotatable bonds is 5. The summed E-state index contributed by atoms with van der Waals surface area (Å²) in [6, 6.07) is 0. The van der Waals surface area contributed by atoms with Gasteiger partial charge in [0, 0.05) is 19.7 Å². The minimum atomic E-state index is -0.687. The molecule has 0 atom stereocenters. The second-order valence-corrected chi connectivity index (χ2v) is 3.23. The van der Waals surface area contributed by atoms with Crippen LogP contribution in [0.4, 0.5) is 0 Å². The Morgan fingerprint density at radius 2 is 2.08 bits per heavy atom. The van der Waals surface area contributed by atoms with Gasteiger partial charge in [-0.3, -0.25) is 4.79 Å². The Balaban J connectivity index is 1.98. The molecule has 0 bridgehead atoms. The van der Waals surface area contributed by atoms with E-state index in [1.807, 2.05) is 0 Å². The van der Waals surface area contributed by atoms with E-state index in [1.165, 1.54) is 0 Å². The Kier molecular flexibility index (Phi) is 3.49. The molecule has 70 valence electrons. The van der Waals surface area contributed by atoms with Gasteiger partial charge in [-0.2, -0.15) is 0 Å². The van der Waals surface area contributed by atoms with Crippen LogP contribution in [-0.4, -0.2) is 47.3 Å². The molecular formula is C8H15NO3. The highest BCUT2D eigenvalue weighted by molar-refractivity contribution is 5.71. The van der Waals surface area contributed by atoms with Crippen LogP contribution >= 0.6 is 0 Å². The summed E-state index contributed by atoms with van der Waals surface area (Å²) in [5, 5.41) is 17.1. The van der Waals surface area contributed by atoms with E-state index in [0.717, 1.165) is 19.4 Å². The number of aliphatic hydroxyl groups excluding tert-OH is 1. The molecule has 12 heavy (non-hydrogen) atoms. The average Bonchev–Trinajstić information content (AvgIpc) is 1.93. The van der Waals surface area contributed by atoms with Crippen molar-refractivity contribution in [2.75, 3.05) is 26.2 Å². The molecule has 0 aromatic carbocycles. The van der Waals surface area contributed by atoms with Crippen LogP contribution in [0, 0.1) is 5.92 Å². The lowest BCUT2D eigenvalue weighted by Gasteiger charge is -2.36. The zero-order chi connectivity index (χ0) is 8.97. The summed E-state index contributed by atoms with van der Waals surface area (Å²) in [6.07, 6.45) is 1.77. The van der Waals surface area contributed by atoms with Gasteiger partial charge >= 0.3 is 5.97 Å². The van der Waals surface area contributed by atoms with Gasteiger partial charge in [0.15, 0.2) is 0 Å². The van der Waals surface area contributed by atoms with Gasteiger partial charge in [0.05, 0.1) is 5.92 Å². The van der Waals surface area contributed by atoms with E-state index in [-0.39, 0.29) is 12.5 Å². The Bertz CT molecular complexity index is 154.